The first-order valence-electron chi connectivity index (χ1n) is 7.64. The minimum Gasteiger partial charge on any atom is -0.397 e. The van der Waals surface area contributed by atoms with Crippen molar-refractivity contribution >= 4 is 17.1 Å². The number of hydrogen-bond acceptors (Lipinski definition) is 2. The van der Waals surface area contributed by atoms with Crippen molar-refractivity contribution in [2.75, 3.05) is 5.73 Å². The molecule has 0 fully saturated rings. The molecule has 0 bridgehead atoms. The Balaban J connectivity index is 2.48. The molecule has 2 heteroatoms. The monoisotopic (exact) mass is 270 g/mol. The average Bonchev–Trinajstić information content (AvgIpc) is 2.41. The summed E-state index contributed by atoms with van der Waals surface area (Å²) in [5.74, 6) is 1.67. The van der Waals surface area contributed by atoms with Crippen LogP contribution >= 0.6 is 0 Å². The van der Waals surface area contributed by atoms with Crippen LogP contribution in [0.1, 0.15) is 40.5 Å². The zero-order chi connectivity index (χ0) is 14.7. The third kappa shape index (κ3) is 3.12. The van der Waals surface area contributed by atoms with Gasteiger partial charge < -0.3 is 5.73 Å². The van der Waals surface area contributed by atoms with Crippen LogP contribution in [0.3, 0.4) is 0 Å². The molecule has 2 N–H and O–H groups in total. The van der Waals surface area contributed by atoms with Gasteiger partial charge in [-0.3, -0.25) is 4.99 Å². The smallest absolute Gasteiger partial charge is 0.0862 e. The second kappa shape index (κ2) is 6.25. The molecule has 1 aromatic rings. The quantitative estimate of drug-likeness (QED) is 0.772. The van der Waals surface area contributed by atoms with Crippen molar-refractivity contribution in [3.05, 3.63) is 35.9 Å². The van der Waals surface area contributed by atoms with E-state index >= 15 is 0 Å². The van der Waals surface area contributed by atoms with Gasteiger partial charge in [-0.25, -0.2) is 0 Å². The summed E-state index contributed by atoms with van der Waals surface area (Å²) in [6.45, 7) is 9.08. The van der Waals surface area contributed by atoms with Gasteiger partial charge in [0.15, 0.2) is 0 Å². The van der Waals surface area contributed by atoms with E-state index in [1.165, 1.54) is 24.1 Å². The van der Waals surface area contributed by atoms with E-state index in [0.717, 1.165) is 11.4 Å². The average molecular weight is 270 g/mol. The molecular formula is C18H26N2. The fourth-order valence-corrected chi connectivity index (χ4v) is 2.92. The van der Waals surface area contributed by atoms with Gasteiger partial charge in [-0.1, -0.05) is 45.9 Å². The van der Waals surface area contributed by atoms with Crippen LogP contribution in [0.25, 0.3) is 0 Å². The first kappa shape index (κ1) is 14.8. The van der Waals surface area contributed by atoms with Gasteiger partial charge in [0, 0.05) is 11.6 Å². The third-order valence-electron chi connectivity index (χ3n) is 4.09. The van der Waals surface area contributed by atoms with Crippen molar-refractivity contribution in [2.45, 2.75) is 40.5 Å². The van der Waals surface area contributed by atoms with E-state index in [1.807, 2.05) is 24.3 Å². The van der Waals surface area contributed by atoms with E-state index in [1.54, 1.807) is 0 Å². The summed E-state index contributed by atoms with van der Waals surface area (Å²) in [7, 11) is 0. The highest BCUT2D eigenvalue weighted by Gasteiger charge is 2.27. The fourth-order valence-electron chi connectivity index (χ4n) is 2.92. The molecule has 1 aliphatic rings. The molecule has 2 nitrogen and oxygen atoms in total. The van der Waals surface area contributed by atoms with Crippen LogP contribution in [0.5, 0.6) is 0 Å². The molecule has 2 rings (SSSR count). The number of rotatable bonds is 3. The first-order valence-corrected chi connectivity index (χ1v) is 7.64. The Kier molecular flexibility index (Phi) is 4.64. The summed E-state index contributed by atoms with van der Waals surface area (Å²) < 4.78 is 0. The predicted molar refractivity (Wildman–Crippen MR) is 88.4 cm³/mol. The number of hydrogen-bond donors (Lipinski definition) is 1. The number of nitrogen functional groups attached to an aromatic ring is 1. The van der Waals surface area contributed by atoms with E-state index < -0.39 is 0 Å². The molecule has 0 heterocycles. The Morgan fingerprint density at radius 1 is 1.15 bits per heavy atom. The summed E-state index contributed by atoms with van der Waals surface area (Å²) in [4.78, 5) is 4.95. The zero-order valence-electron chi connectivity index (χ0n) is 13.1. The van der Waals surface area contributed by atoms with Gasteiger partial charge in [0.1, 0.15) is 0 Å². The van der Waals surface area contributed by atoms with E-state index in [0.29, 0.717) is 17.8 Å². The number of para-hydroxylation sites is 2. The van der Waals surface area contributed by atoms with Crippen LogP contribution in [-0.2, 0) is 0 Å². The third-order valence-corrected chi connectivity index (χ3v) is 4.09. The number of nitrogens with zero attached hydrogens (tertiary/aromatic N) is 1. The zero-order valence-corrected chi connectivity index (χ0v) is 13.1. The molecule has 0 amide bonds. The minimum atomic E-state index is 0.514. The normalized spacial score (nSPS) is 21.6. The summed E-state index contributed by atoms with van der Waals surface area (Å²) >= 11 is 0. The molecular weight excluding hydrogens is 244 g/mol. The van der Waals surface area contributed by atoms with Gasteiger partial charge in [0.25, 0.3) is 0 Å². The topological polar surface area (TPSA) is 38.4 Å². The van der Waals surface area contributed by atoms with Crippen LogP contribution in [0.15, 0.2) is 40.9 Å². The van der Waals surface area contributed by atoms with Crippen molar-refractivity contribution in [2.24, 2.45) is 22.7 Å². The molecule has 0 saturated heterocycles. The van der Waals surface area contributed by atoms with Crippen LogP contribution in [0.4, 0.5) is 11.4 Å². The fraction of sp³-hybridized carbons (Fsp3) is 0.500. The lowest BCUT2D eigenvalue weighted by Gasteiger charge is -2.30. The maximum absolute atomic E-state index is 6.05. The summed E-state index contributed by atoms with van der Waals surface area (Å²) in [5, 5.41) is 0. The summed E-state index contributed by atoms with van der Waals surface area (Å²) in [6.07, 6.45) is 4.72. The second-order valence-electron chi connectivity index (χ2n) is 6.30. The van der Waals surface area contributed by atoms with E-state index in [2.05, 4.69) is 33.8 Å². The van der Waals surface area contributed by atoms with Crippen molar-refractivity contribution in [3.63, 3.8) is 0 Å². The van der Waals surface area contributed by atoms with E-state index in [4.69, 9.17) is 10.7 Å². The van der Waals surface area contributed by atoms with Crippen LogP contribution in [0.2, 0.25) is 0 Å². The second-order valence-corrected chi connectivity index (χ2v) is 6.30. The van der Waals surface area contributed by atoms with Crippen molar-refractivity contribution < 1.29 is 0 Å². The minimum absolute atomic E-state index is 0.514. The molecule has 1 unspecified atom stereocenters. The molecule has 1 aromatic carbocycles. The molecule has 0 radical (unpaired) electrons. The highest BCUT2D eigenvalue weighted by Crippen LogP contribution is 2.34. The van der Waals surface area contributed by atoms with Crippen LogP contribution in [-0.4, -0.2) is 5.71 Å². The molecule has 0 spiro atoms. The van der Waals surface area contributed by atoms with Gasteiger partial charge in [-0.2, -0.15) is 0 Å². The van der Waals surface area contributed by atoms with Crippen molar-refractivity contribution in [3.8, 4) is 0 Å². The Hall–Kier alpha value is -1.57. The lowest BCUT2D eigenvalue weighted by Crippen LogP contribution is -2.27. The van der Waals surface area contributed by atoms with Crippen LogP contribution in [0, 0.1) is 17.8 Å². The number of anilines is 1. The van der Waals surface area contributed by atoms with Crippen molar-refractivity contribution in [1.82, 2.24) is 0 Å². The maximum Gasteiger partial charge on any atom is 0.0862 e. The Morgan fingerprint density at radius 2 is 1.85 bits per heavy atom. The summed E-state index contributed by atoms with van der Waals surface area (Å²) in [6, 6.07) is 7.89. The number of nitrogens with two attached hydrogens (primary N) is 1. The van der Waals surface area contributed by atoms with Gasteiger partial charge in [-0.15, -0.1) is 0 Å². The van der Waals surface area contributed by atoms with Gasteiger partial charge in [0.2, 0.25) is 0 Å². The number of allylic oxidation sites excluding steroid dienone is 2. The molecule has 0 aliphatic heterocycles. The highest BCUT2D eigenvalue weighted by molar-refractivity contribution is 6.04. The van der Waals surface area contributed by atoms with Crippen molar-refractivity contribution in [1.29, 1.82) is 0 Å². The van der Waals surface area contributed by atoms with Crippen LogP contribution < -0.4 is 5.73 Å². The SMILES string of the molecule is CC(C)C1=CCCC(C(C)C)C1=Nc1ccccc1N. The molecule has 108 valence electrons. The first-order chi connectivity index (χ1) is 9.50. The van der Waals surface area contributed by atoms with Gasteiger partial charge >= 0.3 is 0 Å². The molecule has 1 atom stereocenters. The molecule has 20 heavy (non-hydrogen) atoms. The Morgan fingerprint density at radius 3 is 2.45 bits per heavy atom. The van der Waals surface area contributed by atoms with Gasteiger partial charge in [0.05, 0.1) is 11.4 Å². The molecule has 0 saturated carbocycles. The largest absolute Gasteiger partial charge is 0.397 e. The maximum atomic E-state index is 6.05. The van der Waals surface area contributed by atoms with E-state index in [-0.39, 0.29) is 0 Å². The number of aliphatic imine (C=N–C) groups is 1. The Labute approximate surface area is 122 Å². The molecule has 0 aromatic heterocycles. The predicted octanol–water partition coefficient (Wildman–Crippen LogP) is 4.99. The highest BCUT2D eigenvalue weighted by atomic mass is 14.8. The Bertz CT molecular complexity index is 524. The lowest BCUT2D eigenvalue weighted by atomic mass is 9.76. The van der Waals surface area contributed by atoms with Gasteiger partial charge in [-0.05, 0) is 42.4 Å². The van der Waals surface area contributed by atoms with E-state index in [9.17, 15) is 0 Å². The lowest BCUT2D eigenvalue weighted by molar-refractivity contribution is 0.455. The standard InChI is InChI=1S/C18H26N2/c1-12(2)14-8-7-9-15(13(3)4)18(14)20-17-11-6-5-10-16(17)19/h5-6,8,10-13,15H,7,9,19H2,1-4H3. The number of benzene rings is 1. The molecule has 1 aliphatic carbocycles. The summed E-state index contributed by atoms with van der Waals surface area (Å²) in [5.41, 5.74) is 10.4.